The van der Waals surface area contributed by atoms with Gasteiger partial charge in [0, 0.05) is 12.6 Å². The Kier molecular flexibility index (Phi) is 2.30. The molecule has 1 saturated carbocycles. The Morgan fingerprint density at radius 3 is 2.15 bits per heavy atom. The molecule has 0 aromatic rings. The third-order valence-electron chi connectivity index (χ3n) is 2.45. The summed E-state index contributed by atoms with van der Waals surface area (Å²) in [4.78, 5) is 13.3. The summed E-state index contributed by atoms with van der Waals surface area (Å²) in [5.74, 6) is 0. The molecule has 1 fully saturated rings. The van der Waals surface area contributed by atoms with Crippen LogP contribution in [0.5, 0.6) is 0 Å². The molecule has 0 unspecified atom stereocenters. The molecule has 13 heavy (non-hydrogen) atoms. The Labute approximate surface area is 80.1 Å². The van der Waals surface area contributed by atoms with Crippen LogP contribution in [0.3, 0.4) is 0 Å². The van der Waals surface area contributed by atoms with Crippen molar-refractivity contribution >= 4 is 6.09 Å². The highest BCUT2D eigenvalue weighted by molar-refractivity contribution is 5.69. The first-order chi connectivity index (χ1) is 5.75. The van der Waals surface area contributed by atoms with Crippen LogP contribution in [0.2, 0.25) is 0 Å². The average molecular weight is 185 g/mol. The number of amides is 1. The van der Waals surface area contributed by atoms with Gasteiger partial charge in [-0.05, 0) is 40.5 Å². The molecule has 1 aliphatic carbocycles. The maximum absolute atomic E-state index is 11.5. The van der Waals surface area contributed by atoms with Crippen LogP contribution in [-0.4, -0.2) is 29.2 Å². The molecule has 0 radical (unpaired) electrons. The second-order valence-corrected chi connectivity index (χ2v) is 5.04. The SMILES string of the molecule is CN(C(=O)OC(C)(C)C)C1(C)CC1. The van der Waals surface area contributed by atoms with E-state index in [1.807, 2.05) is 20.8 Å². The topological polar surface area (TPSA) is 29.5 Å². The fourth-order valence-electron chi connectivity index (χ4n) is 1.07. The molecule has 1 aliphatic rings. The van der Waals surface area contributed by atoms with Crippen LogP contribution in [0, 0.1) is 0 Å². The van der Waals surface area contributed by atoms with E-state index >= 15 is 0 Å². The molecule has 0 atom stereocenters. The molecule has 1 amide bonds. The predicted molar refractivity (Wildman–Crippen MR) is 51.6 cm³/mol. The standard InChI is InChI=1S/C10H19NO2/c1-9(2,3)13-8(12)11(5)10(4)6-7-10/h6-7H2,1-5H3. The minimum Gasteiger partial charge on any atom is -0.444 e. The Morgan fingerprint density at radius 1 is 1.38 bits per heavy atom. The van der Waals surface area contributed by atoms with Gasteiger partial charge >= 0.3 is 6.09 Å². The predicted octanol–water partition coefficient (Wildman–Crippen LogP) is 2.41. The van der Waals surface area contributed by atoms with Crippen molar-refractivity contribution in [1.29, 1.82) is 0 Å². The molecular weight excluding hydrogens is 166 g/mol. The van der Waals surface area contributed by atoms with Gasteiger partial charge in [-0.15, -0.1) is 0 Å². The number of rotatable bonds is 1. The quantitative estimate of drug-likeness (QED) is 0.627. The molecule has 0 aromatic carbocycles. The highest BCUT2D eigenvalue weighted by Gasteiger charge is 2.44. The lowest BCUT2D eigenvalue weighted by Crippen LogP contribution is -2.40. The van der Waals surface area contributed by atoms with E-state index in [4.69, 9.17) is 4.74 Å². The largest absolute Gasteiger partial charge is 0.444 e. The first-order valence-electron chi connectivity index (χ1n) is 4.71. The van der Waals surface area contributed by atoms with Gasteiger partial charge in [0.1, 0.15) is 5.60 Å². The van der Waals surface area contributed by atoms with Crippen molar-refractivity contribution in [3.05, 3.63) is 0 Å². The van der Waals surface area contributed by atoms with E-state index in [2.05, 4.69) is 6.92 Å². The van der Waals surface area contributed by atoms with Crippen molar-refractivity contribution < 1.29 is 9.53 Å². The van der Waals surface area contributed by atoms with Gasteiger partial charge in [-0.3, -0.25) is 0 Å². The van der Waals surface area contributed by atoms with E-state index in [1.165, 1.54) is 0 Å². The molecule has 0 spiro atoms. The summed E-state index contributed by atoms with van der Waals surface area (Å²) in [6, 6.07) is 0. The Hall–Kier alpha value is -0.730. The molecule has 0 aromatic heterocycles. The summed E-state index contributed by atoms with van der Waals surface area (Å²) in [7, 11) is 1.81. The zero-order valence-corrected chi connectivity index (χ0v) is 9.18. The number of carbonyl (C=O) groups is 1. The van der Waals surface area contributed by atoms with Crippen LogP contribution in [0.4, 0.5) is 4.79 Å². The molecule has 1 rings (SSSR count). The van der Waals surface area contributed by atoms with E-state index in [1.54, 1.807) is 11.9 Å². The van der Waals surface area contributed by atoms with Gasteiger partial charge in [-0.25, -0.2) is 4.79 Å². The van der Waals surface area contributed by atoms with E-state index in [0.29, 0.717) is 0 Å². The van der Waals surface area contributed by atoms with Gasteiger partial charge in [-0.1, -0.05) is 0 Å². The number of ether oxygens (including phenoxy) is 1. The maximum atomic E-state index is 11.5. The number of hydrogen-bond donors (Lipinski definition) is 0. The lowest BCUT2D eigenvalue weighted by molar-refractivity contribution is 0.0212. The molecule has 0 heterocycles. The monoisotopic (exact) mass is 185 g/mol. The highest BCUT2D eigenvalue weighted by atomic mass is 16.6. The van der Waals surface area contributed by atoms with E-state index in [-0.39, 0.29) is 11.6 Å². The zero-order valence-electron chi connectivity index (χ0n) is 9.18. The maximum Gasteiger partial charge on any atom is 0.410 e. The summed E-state index contributed by atoms with van der Waals surface area (Å²) < 4.78 is 5.25. The number of carbonyl (C=O) groups excluding carboxylic acids is 1. The third-order valence-corrected chi connectivity index (χ3v) is 2.45. The first-order valence-corrected chi connectivity index (χ1v) is 4.71. The van der Waals surface area contributed by atoms with Crippen LogP contribution in [-0.2, 0) is 4.74 Å². The second-order valence-electron chi connectivity index (χ2n) is 5.04. The number of nitrogens with zero attached hydrogens (tertiary/aromatic N) is 1. The van der Waals surface area contributed by atoms with Crippen molar-refractivity contribution in [3.63, 3.8) is 0 Å². The van der Waals surface area contributed by atoms with Crippen LogP contribution < -0.4 is 0 Å². The molecule has 3 nitrogen and oxygen atoms in total. The summed E-state index contributed by atoms with van der Waals surface area (Å²) in [5.41, 5.74) is -0.334. The van der Waals surface area contributed by atoms with Crippen molar-refractivity contribution in [2.75, 3.05) is 7.05 Å². The van der Waals surface area contributed by atoms with E-state index < -0.39 is 5.60 Å². The highest BCUT2D eigenvalue weighted by Crippen LogP contribution is 2.40. The van der Waals surface area contributed by atoms with Crippen LogP contribution in [0.15, 0.2) is 0 Å². The minimum atomic E-state index is -0.392. The number of hydrogen-bond acceptors (Lipinski definition) is 2. The summed E-state index contributed by atoms with van der Waals surface area (Å²) >= 11 is 0. The van der Waals surface area contributed by atoms with Gasteiger partial charge < -0.3 is 9.64 Å². The van der Waals surface area contributed by atoms with Gasteiger partial charge in [-0.2, -0.15) is 0 Å². The molecular formula is C10H19NO2. The lowest BCUT2D eigenvalue weighted by Gasteiger charge is -2.28. The van der Waals surface area contributed by atoms with Crippen LogP contribution in [0.1, 0.15) is 40.5 Å². The van der Waals surface area contributed by atoms with Gasteiger partial charge in [0.25, 0.3) is 0 Å². The van der Waals surface area contributed by atoms with E-state index in [9.17, 15) is 4.79 Å². The minimum absolute atomic E-state index is 0.0579. The molecule has 76 valence electrons. The van der Waals surface area contributed by atoms with Gasteiger partial charge in [0.15, 0.2) is 0 Å². The Morgan fingerprint density at radius 2 is 1.85 bits per heavy atom. The van der Waals surface area contributed by atoms with Crippen LogP contribution in [0.25, 0.3) is 0 Å². The molecule has 0 N–H and O–H groups in total. The zero-order chi connectivity index (χ0) is 10.3. The normalized spacial score (nSPS) is 19.5. The fourth-order valence-corrected chi connectivity index (χ4v) is 1.07. The average Bonchev–Trinajstić information content (AvgIpc) is 2.64. The van der Waals surface area contributed by atoms with Crippen molar-refractivity contribution in [3.8, 4) is 0 Å². The van der Waals surface area contributed by atoms with Gasteiger partial charge in [0.05, 0.1) is 0 Å². The van der Waals surface area contributed by atoms with Gasteiger partial charge in [0.2, 0.25) is 0 Å². The molecule has 0 saturated heterocycles. The van der Waals surface area contributed by atoms with Crippen LogP contribution >= 0.6 is 0 Å². The fraction of sp³-hybridized carbons (Fsp3) is 0.900. The third kappa shape index (κ3) is 2.61. The van der Waals surface area contributed by atoms with Crippen molar-refractivity contribution in [1.82, 2.24) is 4.90 Å². The summed E-state index contributed by atoms with van der Waals surface area (Å²) in [6.45, 7) is 7.73. The summed E-state index contributed by atoms with van der Waals surface area (Å²) in [6.07, 6.45) is 1.96. The lowest BCUT2D eigenvalue weighted by atomic mass is 10.2. The Balaban J connectivity index is 2.49. The molecule has 0 bridgehead atoms. The second kappa shape index (κ2) is 2.89. The smallest absolute Gasteiger partial charge is 0.410 e. The molecule has 0 aliphatic heterocycles. The Bertz CT molecular complexity index is 213. The molecule has 3 heteroatoms. The first kappa shape index (κ1) is 10.4. The summed E-state index contributed by atoms with van der Waals surface area (Å²) in [5, 5.41) is 0. The van der Waals surface area contributed by atoms with E-state index in [0.717, 1.165) is 12.8 Å². The van der Waals surface area contributed by atoms with Crippen molar-refractivity contribution in [2.45, 2.75) is 51.7 Å². The van der Waals surface area contributed by atoms with Crippen molar-refractivity contribution in [2.24, 2.45) is 0 Å².